The van der Waals surface area contributed by atoms with E-state index in [1.54, 1.807) is 36.3 Å². The average Bonchev–Trinajstić information content (AvgIpc) is 3.50. The number of likely N-dealkylation sites (N-methyl/N-ethyl adjacent to an activating group) is 1. The maximum Gasteiger partial charge on any atom is 0.251 e. The predicted octanol–water partition coefficient (Wildman–Crippen LogP) is 2.92. The van der Waals surface area contributed by atoms with Crippen LogP contribution in [0.15, 0.2) is 24.4 Å². The summed E-state index contributed by atoms with van der Waals surface area (Å²) in [5, 5.41) is 15.8. The summed E-state index contributed by atoms with van der Waals surface area (Å²) >= 11 is 0. The molecule has 40 heavy (non-hydrogen) atoms. The predicted molar refractivity (Wildman–Crippen MR) is 155 cm³/mol. The van der Waals surface area contributed by atoms with Crippen LogP contribution in [0.4, 0.5) is 23.1 Å². The van der Waals surface area contributed by atoms with E-state index >= 15 is 0 Å². The largest absolute Gasteiger partial charge is 0.489 e. The summed E-state index contributed by atoms with van der Waals surface area (Å²) in [4.78, 5) is 41.7. The standard InChI is InChI=1S/C29H41N7O4/c1-4-23-28(39)35(3)24-18-30-29(33-26(24)36(23)21-7-5-6-8-21)32-22-10-9-19(17-25(22)40-16-15-37)27(38)31-20-11-13-34(2)14-12-20/h9-10,17-18,20-21,23,37H,4-8,11-16H2,1-3H3,(H,31,38)(H,30,32,33)/t23-/m1/s1. The molecule has 11 heteroatoms. The zero-order valence-corrected chi connectivity index (χ0v) is 23.7. The molecule has 2 fully saturated rings. The number of carbonyl (C=O) groups is 2. The molecule has 1 saturated carbocycles. The van der Waals surface area contributed by atoms with Gasteiger partial charge in [-0.2, -0.15) is 4.98 Å². The van der Waals surface area contributed by atoms with E-state index in [-0.39, 0.29) is 43.2 Å². The summed E-state index contributed by atoms with van der Waals surface area (Å²) in [7, 11) is 3.87. The van der Waals surface area contributed by atoms with E-state index in [2.05, 4.69) is 32.5 Å². The molecule has 1 aliphatic carbocycles. The first-order valence-electron chi connectivity index (χ1n) is 14.5. The zero-order valence-electron chi connectivity index (χ0n) is 23.7. The maximum atomic E-state index is 13.2. The molecule has 0 bridgehead atoms. The lowest BCUT2D eigenvalue weighted by molar-refractivity contribution is -0.120. The summed E-state index contributed by atoms with van der Waals surface area (Å²) in [5.41, 5.74) is 1.77. The Hall–Kier alpha value is -3.44. The number of aromatic nitrogens is 2. The molecule has 11 nitrogen and oxygen atoms in total. The quantitative estimate of drug-likeness (QED) is 0.432. The lowest BCUT2D eigenvalue weighted by Gasteiger charge is -2.43. The second kappa shape index (κ2) is 12.4. The third-order valence-electron chi connectivity index (χ3n) is 8.31. The van der Waals surface area contributed by atoms with Gasteiger partial charge in [-0.3, -0.25) is 9.59 Å². The van der Waals surface area contributed by atoms with Crippen LogP contribution in [0.1, 0.15) is 62.2 Å². The number of aliphatic hydroxyl groups is 1. The van der Waals surface area contributed by atoms with E-state index < -0.39 is 0 Å². The fourth-order valence-electron chi connectivity index (χ4n) is 6.03. The Morgan fingerprint density at radius 1 is 1.15 bits per heavy atom. The Balaban J connectivity index is 1.40. The number of hydrogen-bond acceptors (Lipinski definition) is 9. The molecule has 0 radical (unpaired) electrons. The number of piperidine rings is 1. The van der Waals surface area contributed by atoms with Gasteiger partial charge in [0.15, 0.2) is 5.82 Å². The van der Waals surface area contributed by atoms with Crippen LogP contribution in [0.25, 0.3) is 0 Å². The number of nitrogens with one attached hydrogen (secondary N) is 2. The monoisotopic (exact) mass is 551 g/mol. The molecule has 3 N–H and O–H groups in total. The third kappa shape index (κ3) is 5.85. The molecule has 2 amide bonds. The molecular weight excluding hydrogens is 510 g/mol. The van der Waals surface area contributed by atoms with Crippen molar-refractivity contribution in [1.82, 2.24) is 20.2 Å². The summed E-state index contributed by atoms with van der Waals surface area (Å²) in [5.74, 6) is 1.48. The van der Waals surface area contributed by atoms with E-state index in [0.29, 0.717) is 35.1 Å². The van der Waals surface area contributed by atoms with Crippen LogP contribution < -0.4 is 25.2 Å². The van der Waals surface area contributed by atoms with Crippen LogP contribution in [0.3, 0.4) is 0 Å². The molecule has 1 atom stereocenters. The van der Waals surface area contributed by atoms with Crippen LogP contribution >= 0.6 is 0 Å². The number of likely N-dealkylation sites (tertiary alicyclic amines) is 1. The smallest absolute Gasteiger partial charge is 0.251 e. The summed E-state index contributed by atoms with van der Waals surface area (Å²) in [6, 6.07) is 5.38. The molecule has 2 aliphatic heterocycles. The normalized spacial score (nSPS) is 20.5. The third-order valence-corrected chi connectivity index (χ3v) is 8.31. The number of benzene rings is 1. The Morgan fingerprint density at radius 3 is 2.60 bits per heavy atom. The van der Waals surface area contributed by atoms with Crippen molar-refractivity contribution in [1.29, 1.82) is 0 Å². The number of anilines is 4. The van der Waals surface area contributed by atoms with E-state index in [4.69, 9.17) is 9.72 Å². The molecule has 0 spiro atoms. The highest BCUT2D eigenvalue weighted by Crippen LogP contribution is 2.40. The number of carbonyl (C=O) groups excluding carboxylic acids is 2. The fraction of sp³-hybridized carbons (Fsp3) is 0.586. The molecule has 2 aromatic rings. The van der Waals surface area contributed by atoms with E-state index in [1.165, 1.54) is 0 Å². The van der Waals surface area contributed by atoms with Gasteiger partial charge in [0.25, 0.3) is 5.91 Å². The molecule has 216 valence electrons. The topological polar surface area (TPSA) is 123 Å². The molecule has 0 unspecified atom stereocenters. The van der Waals surface area contributed by atoms with Crippen molar-refractivity contribution in [3.8, 4) is 5.75 Å². The van der Waals surface area contributed by atoms with Gasteiger partial charge in [-0.05, 0) is 70.4 Å². The second-order valence-electron chi connectivity index (χ2n) is 11.0. The Labute approximate surface area is 235 Å². The zero-order chi connectivity index (χ0) is 28.2. The van der Waals surface area contributed by atoms with Gasteiger partial charge in [-0.15, -0.1) is 0 Å². The van der Waals surface area contributed by atoms with Gasteiger partial charge in [-0.1, -0.05) is 19.8 Å². The van der Waals surface area contributed by atoms with Gasteiger partial charge in [0, 0.05) is 24.7 Å². The van der Waals surface area contributed by atoms with Crippen LogP contribution in [-0.2, 0) is 4.79 Å². The van der Waals surface area contributed by atoms with Gasteiger partial charge >= 0.3 is 0 Å². The number of fused-ring (bicyclic) bond motifs is 1. The van der Waals surface area contributed by atoms with Crippen molar-refractivity contribution in [3.63, 3.8) is 0 Å². The number of hydrogen-bond donors (Lipinski definition) is 3. The minimum Gasteiger partial charge on any atom is -0.489 e. The summed E-state index contributed by atoms with van der Waals surface area (Å²) in [6.07, 6.45) is 8.61. The highest BCUT2D eigenvalue weighted by atomic mass is 16.5. The van der Waals surface area contributed by atoms with Crippen molar-refractivity contribution in [2.45, 2.75) is 70.0 Å². The maximum absolute atomic E-state index is 13.2. The lowest BCUT2D eigenvalue weighted by Crippen LogP contribution is -2.55. The van der Waals surface area contributed by atoms with E-state index in [0.717, 1.165) is 57.4 Å². The Kier molecular flexibility index (Phi) is 8.70. The van der Waals surface area contributed by atoms with Gasteiger partial charge < -0.3 is 35.2 Å². The SMILES string of the molecule is CC[C@@H]1C(=O)N(C)c2cnc(Nc3ccc(C(=O)NC4CCN(C)CC4)cc3OCCO)nc2N1C1CCCC1. The number of ether oxygens (including phenoxy) is 1. The number of rotatable bonds is 9. The van der Waals surface area contributed by atoms with Gasteiger partial charge in [-0.25, -0.2) is 4.98 Å². The lowest BCUT2D eigenvalue weighted by atomic mass is 10.0. The van der Waals surface area contributed by atoms with Gasteiger partial charge in [0.1, 0.15) is 24.1 Å². The average molecular weight is 552 g/mol. The highest BCUT2D eigenvalue weighted by Gasteiger charge is 2.41. The first-order valence-corrected chi connectivity index (χ1v) is 14.5. The molecule has 1 saturated heterocycles. The van der Waals surface area contributed by atoms with E-state index in [9.17, 15) is 14.7 Å². The molecule has 1 aromatic carbocycles. The summed E-state index contributed by atoms with van der Waals surface area (Å²) in [6.45, 7) is 3.89. The van der Waals surface area contributed by atoms with Gasteiger partial charge in [0.2, 0.25) is 11.9 Å². The first kappa shape index (κ1) is 28.1. The first-order chi connectivity index (χ1) is 19.4. The van der Waals surface area contributed by atoms with E-state index in [1.807, 2.05) is 6.92 Å². The Bertz CT molecular complexity index is 1210. The van der Waals surface area contributed by atoms with Crippen LogP contribution in [0, 0.1) is 0 Å². The molecule has 3 aliphatic rings. The van der Waals surface area contributed by atoms with Crippen LogP contribution in [-0.4, -0.2) is 90.3 Å². The van der Waals surface area contributed by atoms with Gasteiger partial charge in [0.05, 0.1) is 18.5 Å². The molecule has 1 aromatic heterocycles. The van der Waals surface area contributed by atoms with Crippen molar-refractivity contribution in [3.05, 3.63) is 30.0 Å². The minimum absolute atomic E-state index is 0.0695. The van der Waals surface area contributed by atoms with Crippen LogP contribution in [0.2, 0.25) is 0 Å². The number of nitrogens with zero attached hydrogens (tertiary/aromatic N) is 5. The van der Waals surface area contributed by atoms with Crippen molar-refractivity contribution < 1.29 is 19.4 Å². The van der Waals surface area contributed by atoms with Crippen molar-refractivity contribution in [2.75, 3.05) is 55.5 Å². The number of amides is 2. The van der Waals surface area contributed by atoms with Crippen LogP contribution in [0.5, 0.6) is 5.75 Å². The molecule has 3 heterocycles. The second-order valence-corrected chi connectivity index (χ2v) is 11.0. The molecule has 5 rings (SSSR count). The van der Waals surface area contributed by atoms with Crippen molar-refractivity contribution in [2.24, 2.45) is 0 Å². The summed E-state index contributed by atoms with van der Waals surface area (Å²) < 4.78 is 5.82. The number of aliphatic hydroxyl groups excluding tert-OH is 1. The van der Waals surface area contributed by atoms with Crippen molar-refractivity contribution >= 4 is 35.0 Å². The minimum atomic E-state index is -0.255. The molecular formula is C29H41N7O4. The Morgan fingerprint density at radius 2 is 1.90 bits per heavy atom. The fourth-order valence-corrected chi connectivity index (χ4v) is 6.03. The highest BCUT2D eigenvalue weighted by molar-refractivity contribution is 6.04.